The van der Waals surface area contributed by atoms with Crippen molar-refractivity contribution in [2.45, 2.75) is 31.3 Å². The van der Waals surface area contributed by atoms with E-state index in [4.69, 9.17) is 0 Å². The second kappa shape index (κ2) is 5.31. The maximum absolute atomic E-state index is 13.8. The molecular weight excluding hydrogens is 249 g/mol. The largest absolute Gasteiger partial charge is 0.336 e. The van der Waals surface area contributed by atoms with Gasteiger partial charge in [0.1, 0.15) is 5.82 Å². The zero-order chi connectivity index (χ0) is 13.3. The third kappa shape index (κ3) is 2.86. The van der Waals surface area contributed by atoms with Gasteiger partial charge in [-0.15, -0.1) is 0 Å². The molecular formula is C14H18FNOS. The first kappa shape index (κ1) is 13.4. The van der Waals surface area contributed by atoms with Gasteiger partial charge >= 0.3 is 0 Å². The number of carbonyl (C=O) groups excluding carboxylic acids is 1. The van der Waals surface area contributed by atoms with Crippen LogP contribution in [0.15, 0.2) is 18.2 Å². The van der Waals surface area contributed by atoms with Crippen molar-refractivity contribution in [1.82, 2.24) is 4.90 Å². The molecule has 98 valence electrons. The molecule has 0 aliphatic carbocycles. The van der Waals surface area contributed by atoms with Gasteiger partial charge in [-0.25, -0.2) is 4.39 Å². The fraction of sp³-hybridized carbons (Fsp3) is 0.500. The van der Waals surface area contributed by atoms with Crippen molar-refractivity contribution in [3.8, 4) is 0 Å². The van der Waals surface area contributed by atoms with E-state index in [0.717, 1.165) is 5.56 Å². The molecule has 1 aliphatic rings. The van der Waals surface area contributed by atoms with Gasteiger partial charge in [-0.05, 0) is 24.6 Å². The predicted octanol–water partition coefficient (Wildman–Crippen LogP) is 3.10. The molecule has 0 N–H and O–H groups in total. The molecule has 1 aliphatic heterocycles. The van der Waals surface area contributed by atoms with Crippen LogP contribution in [0, 0.1) is 12.7 Å². The third-order valence-electron chi connectivity index (χ3n) is 3.06. The quantitative estimate of drug-likeness (QED) is 0.779. The van der Waals surface area contributed by atoms with Crippen LogP contribution in [-0.2, 0) is 0 Å². The molecule has 1 amide bonds. The normalized spacial score (nSPS) is 24.1. The predicted molar refractivity (Wildman–Crippen MR) is 73.6 cm³/mol. The van der Waals surface area contributed by atoms with Crippen molar-refractivity contribution >= 4 is 17.7 Å². The number of aryl methyl sites for hydroxylation is 1. The minimum Gasteiger partial charge on any atom is -0.336 e. The Morgan fingerprint density at radius 3 is 2.50 bits per heavy atom. The van der Waals surface area contributed by atoms with Gasteiger partial charge in [0.15, 0.2) is 0 Å². The molecule has 2 nitrogen and oxygen atoms in total. The minimum absolute atomic E-state index is 0.187. The molecule has 0 radical (unpaired) electrons. The van der Waals surface area contributed by atoms with Crippen LogP contribution in [0.2, 0.25) is 0 Å². The number of thioether (sulfide) groups is 1. The number of rotatable bonds is 1. The Kier molecular flexibility index (Phi) is 3.95. The number of carbonyl (C=O) groups is 1. The summed E-state index contributed by atoms with van der Waals surface area (Å²) < 4.78 is 13.8. The van der Waals surface area contributed by atoms with E-state index in [1.165, 1.54) is 6.07 Å². The molecule has 0 spiro atoms. The standard InChI is InChI=1S/C14H18FNOS/c1-9-4-5-12(13(15)6-9)14(17)16-7-10(2)18-11(3)8-16/h4-6,10-11H,7-8H2,1-3H3. The van der Waals surface area contributed by atoms with Crippen LogP contribution in [0.4, 0.5) is 4.39 Å². The van der Waals surface area contributed by atoms with E-state index in [-0.39, 0.29) is 11.5 Å². The average molecular weight is 267 g/mol. The van der Waals surface area contributed by atoms with Crippen LogP contribution < -0.4 is 0 Å². The summed E-state index contributed by atoms with van der Waals surface area (Å²) in [7, 11) is 0. The van der Waals surface area contributed by atoms with E-state index < -0.39 is 5.82 Å². The smallest absolute Gasteiger partial charge is 0.256 e. The Morgan fingerprint density at radius 1 is 1.33 bits per heavy atom. The van der Waals surface area contributed by atoms with E-state index in [9.17, 15) is 9.18 Å². The second-order valence-electron chi connectivity index (χ2n) is 4.95. The third-order valence-corrected chi connectivity index (χ3v) is 4.29. The van der Waals surface area contributed by atoms with Crippen LogP contribution in [0.25, 0.3) is 0 Å². The van der Waals surface area contributed by atoms with Crippen LogP contribution >= 0.6 is 11.8 Å². The van der Waals surface area contributed by atoms with Crippen molar-refractivity contribution in [3.05, 3.63) is 35.1 Å². The number of hydrogen-bond acceptors (Lipinski definition) is 2. The Bertz CT molecular complexity index is 453. The summed E-state index contributed by atoms with van der Waals surface area (Å²) in [5, 5.41) is 0.817. The van der Waals surface area contributed by atoms with Gasteiger partial charge in [-0.2, -0.15) is 11.8 Å². The molecule has 1 aromatic rings. The molecule has 1 aromatic carbocycles. The highest BCUT2D eigenvalue weighted by molar-refractivity contribution is 8.00. The zero-order valence-corrected chi connectivity index (χ0v) is 11.8. The highest BCUT2D eigenvalue weighted by Crippen LogP contribution is 2.26. The van der Waals surface area contributed by atoms with Crippen molar-refractivity contribution in [2.75, 3.05) is 13.1 Å². The Hall–Kier alpha value is -1.03. The van der Waals surface area contributed by atoms with E-state index in [1.807, 2.05) is 18.7 Å². The first-order chi connectivity index (χ1) is 8.47. The zero-order valence-electron chi connectivity index (χ0n) is 10.9. The molecule has 0 aromatic heterocycles. The Balaban J connectivity index is 2.20. The van der Waals surface area contributed by atoms with Gasteiger partial charge in [0.05, 0.1) is 5.56 Å². The molecule has 18 heavy (non-hydrogen) atoms. The lowest BCUT2D eigenvalue weighted by Gasteiger charge is -2.34. The number of halogens is 1. The molecule has 1 heterocycles. The number of benzene rings is 1. The lowest BCUT2D eigenvalue weighted by Crippen LogP contribution is -2.44. The lowest BCUT2D eigenvalue weighted by molar-refractivity contribution is 0.0748. The summed E-state index contributed by atoms with van der Waals surface area (Å²) in [5.74, 6) is -0.606. The first-order valence-corrected chi connectivity index (χ1v) is 7.12. The highest BCUT2D eigenvalue weighted by Gasteiger charge is 2.27. The Morgan fingerprint density at radius 2 is 1.94 bits per heavy atom. The summed E-state index contributed by atoms with van der Waals surface area (Å²) in [6.07, 6.45) is 0. The highest BCUT2D eigenvalue weighted by atomic mass is 32.2. The maximum Gasteiger partial charge on any atom is 0.256 e. The van der Waals surface area contributed by atoms with Crippen molar-refractivity contribution in [2.24, 2.45) is 0 Å². The fourth-order valence-corrected chi connectivity index (χ4v) is 3.63. The van der Waals surface area contributed by atoms with Gasteiger partial charge in [0.2, 0.25) is 0 Å². The van der Waals surface area contributed by atoms with Gasteiger partial charge in [-0.1, -0.05) is 19.9 Å². The summed E-state index contributed by atoms with van der Waals surface area (Å²) in [6, 6.07) is 4.78. The topological polar surface area (TPSA) is 20.3 Å². The molecule has 2 unspecified atom stereocenters. The molecule has 2 rings (SSSR count). The van der Waals surface area contributed by atoms with Crippen LogP contribution in [0.1, 0.15) is 29.8 Å². The minimum atomic E-state index is -0.418. The summed E-state index contributed by atoms with van der Waals surface area (Å²) in [4.78, 5) is 14.1. The van der Waals surface area contributed by atoms with E-state index >= 15 is 0 Å². The Labute approximate surface area is 112 Å². The lowest BCUT2D eigenvalue weighted by atomic mass is 10.1. The van der Waals surface area contributed by atoms with Crippen molar-refractivity contribution in [3.63, 3.8) is 0 Å². The van der Waals surface area contributed by atoms with Gasteiger partial charge in [0, 0.05) is 23.6 Å². The van der Waals surface area contributed by atoms with Crippen LogP contribution in [0.3, 0.4) is 0 Å². The molecule has 1 saturated heterocycles. The number of amides is 1. The fourth-order valence-electron chi connectivity index (χ4n) is 2.31. The molecule has 2 atom stereocenters. The monoisotopic (exact) mass is 267 g/mol. The SMILES string of the molecule is Cc1ccc(C(=O)N2CC(C)SC(C)C2)c(F)c1. The van der Waals surface area contributed by atoms with Gasteiger partial charge in [-0.3, -0.25) is 4.79 Å². The maximum atomic E-state index is 13.8. The molecule has 4 heteroatoms. The first-order valence-electron chi connectivity index (χ1n) is 6.18. The molecule has 1 fully saturated rings. The van der Waals surface area contributed by atoms with Gasteiger partial charge < -0.3 is 4.90 Å². The van der Waals surface area contributed by atoms with Crippen molar-refractivity contribution in [1.29, 1.82) is 0 Å². The summed E-state index contributed by atoms with van der Waals surface area (Å²) in [5.41, 5.74) is 1.02. The average Bonchev–Trinajstić information content (AvgIpc) is 2.26. The van der Waals surface area contributed by atoms with E-state index in [1.54, 1.807) is 17.0 Å². The molecule has 0 bridgehead atoms. The van der Waals surface area contributed by atoms with Gasteiger partial charge in [0.25, 0.3) is 5.91 Å². The molecule has 0 saturated carbocycles. The number of hydrogen-bond donors (Lipinski definition) is 0. The van der Waals surface area contributed by atoms with E-state index in [0.29, 0.717) is 23.6 Å². The van der Waals surface area contributed by atoms with Crippen LogP contribution in [0.5, 0.6) is 0 Å². The summed E-state index contributed by atoms with van der Waals surface area (Å²) >= 11 is 1.88. The number of nitrogens with zero attached hydrogens (tertiary/aromatic N) is 1. The van der Waals surface area contributed by atoms with Crippen LogP contribution in [-0.4, -0.2) is 34.4 Å². The second-order valence-corrected chi connectivity index (χ2v) is 6.83. The van der Waals surface area contributed by atoms with E-state index in [2.05, 4.69) is 13.8 Å². The summed E-state index contributed by atoms with van der Waals surface area (Å²) in [6.45, 7) is 7.42. The van der Waals surface area contributed by atoms with Crippen molar-refractivity contribution < 1.29 is 9.18 Å².